The number of likely N-dealkylation sites (tertiary alicyclic amines) is 1. The Morgan fingerprint density at radius 3 is 2.69 bits per heavy atom. The minimum Gasteiger partial charge on any atom is -0.480 e. The van der Waals surface area contributed by atoms with Crippen LogP contribution in [-0.2, 0) is 4.79 Å². The SMILES string of the molecule is O=C(O)C(c1[nH]cnc1Br)N1CCCCC1. The number of piperidine rings is 1. The van der Waals surface area contributed by atoms with Crippen LogP contribution in [0.25, 0.3) is 0 Å². The first-order chi connectivity index (χ1) is 7.70. The Bertz CT molecular complexity index is 374. The maximum absolute atomic E-state index is 11.3. The van der Waals surface area contributed by atoms with Crippen LogP contribution in [0, 0.1) is 0 Å². The highest BCUT2D eigenvalue weighted by atomic mass is 79.9. The van der Waals surface area contributed by atoms with Gasteiger partial charge in [-0.1, -0.05) is 6.42 Å². The molecule has 2 heterocycles. The predicted molar refractivity (Wildman–Crippen MR) is 62.1 cm³/mol. The van der Waals surface area contributed by atoms with Crippen molar-refractivity contribution in [2.75, 3.05) is 13.1 Å². The summed E-state index contributed by atoms with van der Waals surface area (Å²) >= 11 is 3.27. The van der Waals surface area contributed by atoms with Gasteiger partial charge < -0.3 is 10.1 Å². The minimum atomic E-state index is -0.827. The van der Waals surface area contributed by atoms with Gasteiger partial charge in [0, 0.05) is 0 Å². The average molecular weight is 288 g/mol. The zero-order valence-corrected chi connectivity index (χ0v) is 10.4. The average Bonchev–Trinajstić information content (AvgIpc) is 2.66. The summed E-state index contributed by atoms with van der Waals surface area (Å²) in [6.45, 7) is 1.67. The zero-order chi connectivity index (χ0) is 11.5. The standard InChI is InChI=1S/C10H14BrN3O2/c11-9-7(12-6-13-9)8(10(15)16)14-4-2-1-3-5-14/h6,8H,1-5H2,(H,12,13)(H,15,16). The van der Waals surface area contributed by atoms with Gasteiger partial charge in [-0.3, -0.25) is 9.69 Å². The first-order valence-corrected chi connectivity index (χ1v) is 6.15. The van der Waals surface area contributed by atoms with Crippen molar-refractivity contribution in [1.82, 2.24) is 14.9 Å². The van der Waals surface area contributed by atoms with E-state index in [0.29, 0.717) is 10.3 Å². The summed E-state index contributed by atoms with van der Waals surface area (Å²) in [6.07, 6.45) is 4.83. The van der Waals surface area contributed by atoms with Crippen molar-refractivity contribution >= 4 is 21.9 Å². The molecule has 16 heavy (non-hydrogen) atoms. The van der Waals surface area contributed by atoms with E-state index >= 15 is 0 Å². The number of carboxylic acids is 1. The lowest BCUT2D eigenvalue weighted by Gasteiger charge is -2.31. The van der Waals surface area contributed by atoms with Crippen LogP contribution < -0.4 is 0 Å². The second kappa shape index (κ2) is 4.97. The second-order valence-electron chi connectivity index (χ2n) is 3.94. The number of carbonyl (C=O) groups is 1. The zero-order valence-electron chi connectivity index (χ0n) is 8.82. The Morgan fingerprint density at radius 1 is 1.50 bits per heavy atom. The number of aromatic nitrogens is 2. The van der Waals surface area contributed by atoms with Crippen LogP contribution in [0.2, 0.25) is 0 Å². The molecule has 1 fully saturated rings. The summed E-state index contributed by atoms with van der Waals surface area (Å²) in [6, 6.07) is -0.614. The quantitative estimate of drug-likeness (QED) is 0.889. The molecule has 1 aliphatic heterocycles. The van der Waals surface area contributed by atoms with E-state index in [1.807, 2.05) is 4.90 Å². The van der Waals surface area contributed by atoms with Gasteiger partial charge in [0.2, 0.25) is 0 Å². The third-order valence-electron chi connectivity index (χ3n) is 2.88. The van der Waals surface area contributed by atoms with E-state index in [1.54, 1.807) is 0 Å². The predicted octanol–water partition coefficient (Wildman–Crippen LogP) is 1.78. The van der Waals surface area contributed by atoms with Gasteiger partial charge in [0.05, 0.1) is 12.0 Å². The number of hydrogen-bond donors (Lipinski definition) is 2. The lowest BCUT2D eigenvalue weighted by molar-refractivity contribution is -0.144. The van der Waals surface area contributed by atoms with Gasteiger partial charge in [0.1, 0.15) is 4.60 Å². The number of nitrogens with zero attached hydrogens (tertiary/aromatic N) is 2. The van der Waals surface area contributed by atoms with E-state index in [1.165, 1.54) is 12.7 Å². The number of aromatic amines is 1. The fourth-order valence-corrected chi connectivity index (χ4v) is 2.55. The summed E-state index contributed by atoms with van der Waals surface area (Å²) < 4.78 is 0.588. The van der Waals surface area contributed by atoms with Crippen LogP contribution in [0.5, 0.6) is 0 Å². The summed E-state index contributed by atoms with van der Waals surface area (Å²) in [5, 5.41) is 9.31. The molecular formula is C10H14BrN3O2. The molecule has 1 atom stereocenters. The van der Waals surface area contributed by atoms with E-state index in [0.717, 1.165) is 25.9 Å². The topological polar surface area (TPSA) is 69.2 Å². The lowest BCUT2D eigenvalue weighted by Crippen LogP contribution is -2.38. The fraction of sp³-hybridized carbons (Fsp3) is 0.600. The van der Waals surface area contributed by atoms with Gasteiger partial charge in [0.25, 0.3) is 0 Å². The highest BCUT2D eigenvalue weighted by molar-refractivity contribution is 9.10. The third-order valence-corrected chi connectivity index (χ3v) is 3.52. The molecule has 88 valence electrons. The Balaban J connectivity index is 2.23. The molecule has 2 N–H and O–H groups in total. The number of nitrogens with one attached hydrogen (secondary N) is 1. The molecule has 0 aliphatic carbocycles. The maximum atomic E-state index is 11.3. The largest absolute Gasteiger partial charge is 0.480 e. The Labute approximate surface area is 102 Å². The Hall–Kier alpha value is -0.880. The van der Waals surface area contributed by atoms with E-state index in [4.69, 9.17) is 0 Å². The van der Waals surface area contributed by atoms with E-state index in [-0.39, 0.29) is 0 Å². The summed E-state index contributed by atoms with van der Waals surface area (Å²) in [5.74, 6) is -0.827. The molecule has 0 bridgehead atoms. The summed E-state index contributed by atoms with van der Waals surface area (Å²) in [4.78, 5) is 20.2. The number of hydrogen-bond acceptors (Lipinski definition) is 3. The molecule has 0 saturated carbocycles. The van der Waals surface area contributed by atoms with Crippen LogP contribution >= 0.6 is 15.9 Å². The van der Waals surface area contributed by atoms with Crippen molar-refractivity contribution in [2.24, 2.45) is 0 Å². The van der Waals surface area contributed by atoms with Crippen LogP contribution in [0.1, 0.15) is 31.0 Å². The molecule has 0 radical (unpaired) electrons. The molecule has 0 amide bonds. The number of halogens is 1. The first-order valence-electron chi connectivity index (χ1n) is 5.36. The van der Waals surface area contributed by atoms with E-state index in [9.17, 15) is 9.90 Å². The summed E-state index contributed by atoms with van der Waals surface area (Å²) in [7, 11) is 0. The number of carboxylic acid groups (broad SMARTS) is 1. The van der Waals surface area contributed by atoms with E-state index in [2.05, 4.69) is 25.9 Å². The third kappa shape index (κ3) is 2.27. The normalized spacial score (nSPS) is 19.6. The van der Waals surface area contributed by atoms with Crippen LogP contribution in [0.15, 0.2) is 10.9 Å². The van der Waals surface area contributed by atoms with E-state index < -0.39 is 12.0 Å². The lowest BCUT2D eigenvalue weighted by atomic mass is 10.1. The second-order valence-corrected chi connectivity index (χ2v) is 4.70. The number of aliphatic carboxylic acids is 1. The highest BCUT2D eigenvalue weighted by Crippen LogP contribution is 2.27. The number of rotatable bonds is 3. The van der Waals surface area contributed by atoms with Crippen molar-refractivity contribution in [1.29, 1.82) is 0 Å². The molecule has 1 aliphatic rings. The molecule has 1 saturated heterocycles. The smallest absolute Gasteiger partial charge is 0.327 e. The van der Waals surface area contributed by atoms with Crippen LogP contribution in [0.4, 0.5) is 0 Å². The Kier molecular flexibility index (Phi) is 3.60. The molecular weight excluding hydrogens is 274 g/mol. The molecule has 1 aromatic heterocycles. The van der Waals surface area contributed by atoms with Crippen molar-refractivity contribution in [3.8, 4) is 0 Å². The number of imidazole rings is 1. The van der Waals surface area contributed by atoms with Gasteiger partial charge in [-0.2, -0.15) is 0 Å². The minimum absolute atomic E-state index is 0.588. The molecule has 6 heteroatoms. The first kappa shape index (κ1) is 11.6. The summed E-state index contributed by atoms with van der Waals surface area (Å²) in [5.41, 5.74) is 0.634. The number of H-pyrrole nitrogens is 1. The Morgan fingerprint density at radius 2 is 2.19 bits per heavy atom. The molecule has 0 spiro atoms. The van der Waals surface area contributed by atoms with Gasteiger partial charge in [-0.25, -0.2) is 4.98 Å². The molecule has 0 aromatic carbocycles. The van der Waals surface area contributed by atoms with Gasteiger partial charge in [-0.15, -0.1) is 0 Å². The van der Waals surface area contributed by atoms with Crippen molar-refractivity contribution in [2.45, 2.75) is 25.3 Å². The molecule has 1 unspecified atom stereocenters. The van der Waals surface area contributed by atoms with Gasteiger partial charge in [-0.05, 0) is 41.9 Å². The monoisotopic (exact) mass is 287 g/mol. The van der Waals surface area contributed by atoms with Crippen molar-refractivity contribution in [3.63, 3.8) is 0 Å². The van der Waals surface area contributed by atoms with Gasteiger partial charge >= 0.3 is 5.97 Å². The van der Waals surface area contributed by atoms with Crippen LogP contribution in [-0.4, -0.2) is 39.0 Å². The maximum Gasteiger partial charge on any atom is 0.327 e. The molecule has 5 nitrogen and oxygen atoms in total. The molecule has 1 aromatic rings. The van der Waals surface area contributed by atoms with Crippen molar-refractivity contribution in [3.05, 3.63) is 16.6 Å². The fourth-order valence-electron chi connectivity index (χ4n) is 2.12. The highest BCUT2D eigenvalue weighted by Gasteiger charge is 2.31. The van der Waals surface area contributed by atoms with Crippen molar-refractivity contribution < 1.29 is 9.90 Å². The molecule has 2 rings (SSSR count). The van der Waals surface area contributed by atoms with Gasteiger partial charge in [0.15, 0.2) is 6.04 Å². The van der Waals surface area contributed by atoms with Crippen LogP contribution in [0.3, 0.4) is 0 Å².